The molecule has 0 bridgehead atoms. The number of benzene rings is 2. The van der Waals surface area contributed by atoms with Gasteiger partial charge in [0.05, 0.1) is 29.0 Å². The second kappa shape index (κ2) is 7.76. The Morgan fingerprint density at radius 2 is 1.60 bits per heavy atom. The van der Waals surface area contributed by atoms with Crippen molar-refractivity contribution in [2.24, 2.45) is 0 Å². The normalized spacial score (nSPS) is 10.9. The van der Waals surface area contributed by atoms with Crippen LogP contribution < -0.4 is 10.9 Å². The molecule has 0 spiro atoms. The molecule has 0 atom stereocenters. The number of nitrogens with zero attached hydrogens (tertiary/aromatic N) is 3. The Balaban J connectivity index is 2.10. The van der Waals surface area contributed by atoms with Crippen molar-refractivity contribution in [2.45, 2.75) is 26.2 Å². The SMILES string of the molecule is Cc1c(C(C)(C)c2c(F)cc(C#N)cc2F)nc(Nc2ccc(C#N)cc2)[nH]c1=O. The van der Waals surface area contributed by atoms with Gasteiger partial charge in [-0.3, -0.25) is 9.78 Å². The number of aromatic amines is 1. The lowest BCUT2D eigenvalue weighted by Gasteiger charge is -2.27. The summed E-state index contributed by atoms with van der Waals surface area (Å²) in [4.78, 5) is 19.5. The van der Waals surface area contributed by atoms with Gasteiger partial charge < -0.3 is 5.32 Å². The zero-order chi connectivity index (χ0) is 22.1. The summed E-state index contributed by atoms with van der Waals surface area (Å²) in [6, 6.07) is 12.1. The third-order valence-corrected chi connectivity index (χ3v) is 4.82. The number of nitriles is 2. The highest BCUT2D eigenvalue weighted by molar-refractivity contribution is 5.55. The first-order valence-electron chi connectivity index (χ1n) is 8.95. The molecule has 30 heavy (non-hydrogen) atoms. The van der Waals surface area contributed by atoms with Gasteiger partial charge in [0.15, 0.2) is 0 Å². The van der Waals surface area contributed by atoms with Crippen molar-refractivity contribution in [3.05, 3.63) is 86.3 Å². The smallest absolute Gasteiger partial charge is 0.255 e. The minimum Gasteiger partial charge on any atom is -0.326 e. The second-order valence-corrected chi connectivity index (χ2v) is 7.25. The van der Waals surface area contributed by atoms with Crippen molar-refractivity contribution in [3.8, 4) is 12.1 Å². The summed E-state index contributed by atoms with van der Waals surface area (Å²) < 4.78 is 29.4. The molecule has 0 saturated carbocycles. The number of nitrogens with one attached hydrogen (secondary N) is 2. The Kier molecular flexibility index (Phi) is 5.35. The zero-order valence-corrected chi connectivity index (χ0v) is 16.5. The van der Waals surface area contributed by atoms with E-state index in [0.717, 1.165) is 12.1 Å². The van der Waals surface area contributed by atoms with Crippen LogP contribution in [0.4, 0.5) is 20.4 Å². The molecule has 0 radical (unpaired) electrons. The number of aromatic nitrogens is 2. The molecule has 8 heteroatoms. The first-order chi connectivity index (χ1) is 14.2. The number of rotatable bonds is 4. The number of hydrogen-bond donors (Lipinski definition) is 2. The average Bonchev–Trinajstić information content (AvgIpc) is 2.70. The maximum absolute atomic E-state index is 14.7. The van der Waals surface area contributed by atoms with E-state index < -0.39 is 22.6 Å². The molecule has 0 aliphatic carbocycles. The minimum atomic E-state index is -1.30. The van der Waals surface area contributed by atoms with Crippen LogP contribution in [0.5, 0.6) is 0 Å². The van der Waals surface area contributed by atoms with Gasteiger partial charge in [-0.25, -0.2) is 13.8 Å². The van der Waals surface area contributed by atoms with Gasteiger partial charge in [-0.1, -0.05) is 0 Å². The van der Waals surface area contributed by atoms with Gasteiger partial charge in [-0.15, -0.1) is 0 Å². The van der Waals surface area contributed by atoms with E-state index in [-0.39, 0.29) is 28.3 Å². The minimum absolute atomic E-state index is 0.0906. The van der Waals surface area contributed by atoms with E-state index in [0.29, 0.717) is 11.3 Å². The third kappa shape index (κ3) is 3.76. The lowest BCUT2D eigenvalue weighted by molar-refractivity contribution is 0.486. The molecule has 0 amide bonds. The molecule has 0 saturated heterocycles. The maximum atomic E-state index is 14.7. The number of H-pyrrole nitrogens is 1. The van der Waals surface area contributed by atoms with Crippen molar-refractivity contribution < 1.29 is 8.78 Å². The van der Waals surface area contributed by atoms with Crippen LogP contribution in [-0.4, -0.2) is 9.97 Å². The van der Waals surface area contributed by atoms with Gasteiger partial charge >= 0.3 is 0 Å². The predicted molar refractivity (Wildman–Crippen MR) is 107 cm³/mol. The fourth-order valence-electron chi connectivity index (χ4n) is 3.32. The van der Waals surface area contributed by atoms with Crippen LogP contribution in [0, 0.1) is 41.2 Å². The molecule has 2 N–H and O–H groups in total. The van der Waals surface area contributed by atoms with E-state index >= 15 is 0 Å². The Morgan fingerprint density at radius 1 is 1.03 bits per heavy atom. The summed E-state index contributed by atoms with van der Waals surface area (Å²) in [5.74, 6) is -1.69. The summed E-state index contributed by atoms with van der Waals surface area (Å²) in [7, 11) is 0. The highest BCUT2D eigenvalue weighted by Gasteiger charge is 2.34. The Hall–Kier alpha value is -4.04. The maximum Gasteiger partial charge on any atom is 0.255 e. The van der Waals surface area contributed by atoms with Crippen molar-refractivity contribution in [2.75, 3.05) is 5.32 Å². The first-order valence-corrected chi connectivity index (χ1v) is 8.95. The van der Waals surface area contributed by atoms with E-state index in [9.17, 15) is 13.6 Å². The molecule has 0 fully saturated rings. The van der Waals surface area contributed by atoms with Gasteiger partial charge in [-0.2, -0.15) is 10.5 Å². The number of halogens is 2. The molecule has 2 aromatic carbocycles. The molecule has 150 valence electrons. The van der Waals surface area contributed by atoms with E-state index in [2.05, 4.69) is 15.3 Å². The van der Waals surface area contributed by atoms with Crippen LogP contribution in [0.2, 0.25) is 0 Å². The topological polar surface area (TPSA) is 105 Å². The van der Waals surface area contributed by atoms with E-state index in [1.165, 1.54) is 6.92 Å². The standard InChI is InChI=1S/C22H17F2N5O/c1-12-19(22(2,3)18-16(23)8-14(11-26)9-17(18)24)28-21(29-20(12)30)27-15-6-4-13(10-25)5-7-15/h4-9H,1-3H3,(H2,27,28,29,30). The molecule has 0 unspecified atom stereocenters. The summed E-state index contributed by atoms with van der Waals surface area (Å²) in [6.45, 7) is 4.63. The molecule has 0 aliphatic rings. The largest absolute Gasteiger partial charge is 0.326 e. The third-order valence-electron chi connectivity index (χ3n) is 4.82. The number of anilines is 2. The van der Waals surface area contributed by atoms with Gasteiger partial charge in [0.25, 0.3) is 5.56 Å². The van der Waals surface area contributed by atoms with Crippen LogP contribution in [-0.2, 0) is 5.41 Å². The van der Waals surface area contributed by atoms with Crippen molar-refractivity contribution in [1.82, 2.24) is 9.97 Å². The molecule has 3 aromatic rings. The predicted octanol–water partition coefficient (Wildman–Crippen LogP) is 4.17. The highest BCUT2D eigenvalue weighted by Crippen LogP contribution is 2.35. The second-order valence-electron chi connectivity index (χ2n) is 7.25. The van der Waals surface area contributed by atoms with E-state index in [4.69, 9.17) is 10.5 Å². The van der Waals surface area contributed by atoms with Crippen LogP contribution in [0.15, 0.2) is 41.2 Å². The van der Waals surface area contributed by atoms with E-state index in [1.807, 2.05) is 6.07 Å². The molecule has 1 heterocycles. The molecule has 6 nitrogen and oxygen atoms in total. The molecular weight excluding hydrogens is 388 g/mol. The lowest BCUT2D eigenvalue weighted by Crippen LogP contribution is -2.30. The molecule has 1 aromatic heterocycles. The average molecular weight is 405 g/mol. The van der Waals surface area contributed by atoms with Crippen LogP contribution in [0.1, 0.15) is 41.8 Å². The van der Waals surface area contributed by atoms with Gasteiger partial charge in [0.1, 0.15) is 11.6 Å². The van der Waals surface area contributed by atoms with Crippen molar-refractivity contribution >= 4 is 11.6 Å². The Labute approximate surface area is 171 Å². The van der Waals surface area contributed by atoms with Gasteiger partial charge in [0.2, 0.25) is 5.95 Å². The molecule has 3 rings (SSSR count). The van der Waals surface area contributed by atoms with Crippen molar-refractivity contribution in [3.63, 3.8) is 0 Å². The molecular formula is C22H17F2N5O. The zero-order valence-electron chi connectivity index (χ0n) is 16.5. The quantitative estimate of drug-likeness (QED) is 0.678. The first kappa shape index (κ1) is 20.7. The monoisotopic (exact) mass is 405 g/mol. The van der Waals surface area contributed by atoms with Crippen LogP contribution in [0.3, 0.4) is 0 Å². The summed E-state index contributed by atoms with van der Waals surface area (Å²) >= 11 is 0. The fourth-order valence-corrected chi connectivity index (χ4v) is 3.32. The summed E-state index contributed by atoms with van der Waals surface area (Å²) in [5.41, 5.74) is -0.742. The van der Waals surface area contributed by atoms with Gasteiger partial charge in [0, 0.05) is 22.2 Å². The fraction of sp³-hybridized carbons (Fsp3) is 0.182. The van der Waals surface area contributed by atoms with Crippen LogP contribution >= 0.6 is 0 Å². The summed E-state index contributed by atoms with van der Waals surface area (Å²) in [5, 5.41) is 20.7. The van der Waals surface area contributed by atoms with Crippen molar-refractivity contribution in [1.29, 1.82) is 10.5 Å². The lowest BCUT2D eigenvalue weighted by atomic mass is 9.78. The van der Waals surface area contributed by atoms with E-state index in [1.54, 1.807) is 44.2 Å². The highest BCUT2D eigenvalue weighted by atomic mass is 19.1. The van der Waals surface area contributed by atoms with Crippen LogP contribution in [0.25, 0.3) is 0 Å². The summed E-state index contributed by atoms with van der Waals surface area (Å²) in [6.07, 6.45) is 0. The number of hydrogen-bond acceptors (Lipinski definition) is 5. The Bertz CT molecular complexity index is 1240. The molecule has 0 aliphatic heterocycles. The Morgan fingerprint density at radius 3 is 2.13 bits per heavy atom. The van der Waals surface area contributed by atoms with Gasteiger partial charge in [-0.05, 0) is 57.2 Å².